The van der Waals surface area contributed by atoms with Gasteiger partial charge in [0, 0.05) is 25.7 Å². The summed E-state index contributed by atoms with van der Waals surface area (Å²) in [6.45, 7) is 3.76. The first-order valence-electron chi connectivity index (χ1n) is 11.2. The minimum Gasteiger partial charge on any atom is -0.348 e. The van der Waals surface area contributed by atoms with E-state index in [1.807, 2.05) is 0 Å². The molecule has 1 fully saturated rings. The van der Waals surface area contributed by atoms with Gasteiger partial charge in [0.1, 0.15) is 0 Å². The lowest BCUT2D eigenvalue weighted by molar-refractivity contribution is 0.0951. The van der Waals surface area contributed by atoms with Crippen molar-refractivity contribution in [3.63, 3.8) is 0 Å². The van der Waals surface area contributed by atoms with E-state index in [0.717, 1.165) is 12.1 Å². The van der Waals surface area contributed by atoms with Crippen molar-refractivity contribution in [2.45, 2.75) is 30.8 Å². The molecule has 1 aliphatic rings. The van der Waals surface area contributed by atoms with E-state index in [2.05, 4.69) is 34.5 Å². The van der Waals surface area contributed by atoms with Gasteiger partial charge in [-0.2, -0.15) is 0 Å². The number of anilines is 1. The molecule has 1 heterocycles. The van der Waals surface area contributed by atoms with Gasteiger partial charge in [-0.3, -0.25) is 14.0 Å². The summed E-state index contributed by atoms with van der Waals surface area (Å²) in [6.07, 6.45) is 2.56. The number of hydrogen-bond donors (Lipinski definition) is 1. The fraction of sp³-hybridized carbons (Fsp3) is 0.269. The molecular weight excluding hydrogens is 434 g/mol. The van der Waals surface area contributed by atoms with Crippen molar-refractivity contribution in [3.05, 3.63) is 95.6 Å². The van der Waals surface area contributed by atoms with Gasteiger partial charge < -0.3 is 5.32 Å². The Morgan fingerprint density at radius 2 is 1.48 bits per heavy atom. The molecule has 0 aromatic heterocycles. The van der Waals surface area contributed by atoms with Crippen molar-refractivity contribution in [1.82, 2.24) is 10.2 Å². The van der Waals surface area contributed by atoms with E-state index in [9.17, 15) is 13.2 Å². The van der Waals surface area contributed by atoms with Gasteiger partial charge in [0.25, 0.3) is 15.9 Å². The summed E-state index contributed by atoms with van der Waals surface area (Å²) < 4.78 is 26.8. The zero-order chi connectivity index (χ0) is 23.3. The van der Waals surface area contributed by atoms with Gasteiger partial charge in [-0.05, 0) is 73.5 Å². The molecule has 1 N–H and O–H groups in total. The topological polar surface area (TPSA) is 69.7 Å². The van der Waals surface area contributed by atoms with Crippen molar-refractivity contribution >= 4 is 21.6 Å². The summed E-state index contributed by atoms with van der Waals surface area (Å²) in [4.78, 5) is 15.2. The number of amides is 1. The van der Waals surface area contributed by atoms with Gasteiger partial charge in [0.05, 0.1) is 10.6 Å². The van der Waals surface area contributed by atoms with Crippen LogP contribution >= 0.6 is 0 Å². The Morgan fingerprint density at radius 1 is 0.879 bits per heavy atom. The van der Waals surface area contributed by atoms with Crippen LogP contribution in [0.2, 0.25) is 0 Å². The first-order valence-corrected chi connectivity index (χ1v) is 12.6. The summed E-state index contributed by atoms with van der Waals surface area (Å²) in [5.74, 6) is -0.198. The smallest absolute Gasteiger partial charge is 0.264 e. The van der Waals surface area contributed by atoms with Crippen LogP contribution in [0.1, 0.15) is 34.3 Å². The van der Waals surface area contributed by atoms with Crippen molar-refractivity contribution < 1.29 is 13.2 Å². The summed E-state index contributed by atoms with van der Waals surface area (Å²) in [6, 6.07) is 23.2. The number of sulfonamides is 1. The van der Waals surface area contributed by atoms with E-state index < -0.39 is 10.0 Å². The molecule has 0 bridgehead atoms. The van der Waals surface area contributed by atoms with Crippen LogP contribution in [0.5, 0.6) is 0 Å². The van der Waals surface area contributed by atoms with E-state index in [4.69, 9.17) is 0 Å². The highest BCUT2D eigenvalue weighted by molar-refractivity contribution is 7.92. The Bertz CT molecular complexity index is 1170. The number of likely N-dealkylation sites (tertiary alicyclic amines) is 1. The largest absolute Gasteiger partial charge is 0.348 e. The van der Waals surface area contributed by atoms with Crippen LogP contribution in [-0.2, 0) is 23.1 Å². The quantitative estimate of drug-likeness (QED) is 0.548. The molecule has 1 aliphatic heterocycles. The molecule has 0 saturated carbocycles. The van der Waals surface area contributed by atoms with Gasteiger partial charge >= 0.3 is 0 Å². The van der Waals surface area contributed by atoms with Crippen LogP contribution in [-0.4, -0.2) is 39.4 Å². The molecule has 7 heteroatoms. The predicted octanol–water partition coefficient (Wildman–Crippen LogP) is 4.04. The zero-order valence-corrected chi connectivity index (χ0v) is 19.6. The Labute approximate surface area is 195 Å². The highest BCUT2D eigenvalue weighted by atomic mass is 32.2. The van der Waals surface area contributed by atoms with E-state index >= 15 is 0 Å². The maximum absolute atomic E-state index is 12.8. The number of carbonyl (C=O) groups excluding carboxylic acids is 1. The second-order valence-electron chi connectivity index (χ2n) is 8.31. The number of nitrogens with one attached hydrogen (secondary N) is 1. The minimum atomic E-state index is -3.65. The highest BCUT2D eigenvalue weighted by Crippen LogP contribution is 2.22. The van der Waals surface area contributed by atoms with Gasteiger partial charge in [-0.15, -0.1) is 0 Å². The standard InChI is InChI=1S/C26H29N3O3S/c1-28(33(31,32)25-7-3-2-4-8-25)24-15-13-23(14-16-24)26(30)27-19-21-9-11-22(12-10-21)20-29-17-5-6-18-29/h2-4,7-16H,5-6,17-20H2,1H3,(H,27,30). The van der Waals surface area contributed by atoms with Gasteiger partial charge in [0.15, 0.2) is 0 Å². The number of carbonyl (C=O) groups is 1. The van der Waals surface area contributed by atoms with Gasteiger partial charge in [0.2, 0.25) is 0 Å². The van der Waals surface area contributed by atoms with E-state index in [1.54, 1.807) is 54.6 Å². The van der Waals surface area contributed by atoms with Crippen LogP contribution in [0, 0.1) is 0 Å². The van der Waals surface area contributed by atoms with E-state index in [1.165, 1.54) is 42.8 Å². The summed E-state index contributed by atoms with van der Waals surface area (Å²) in [5, 5.41) is 2.93. The maximum atomic E-state index is 12.8. The van der Waals surface area contributed by atoms with Crippen LogP contribution in [0.3, 0.4) is 0 Å². The minimum absolute atomic E-state index is 0.198. The molecule has 4 rings (SSSR count). The molecule has 6 nitrogen and oxygen atoms in total. The Balaban J connectivity index is 1.33. The lowest BCUT2D eigenvalue weighted by Gasteiger charge is -2.19. The fourth-order valence-electron chi connectivity index (χ4n) is 3.96. The van der Waals surface area contributed by atoms with E-state index in [-0.39, 0.29) is 10.8 Å². The van der Waals surface area contributed by atoms with Crippen LogP contribution in [0.25, 0.3) is 0 Å². The first-order chi connectivity index (χ1) is 15.9. The fourth-order valence-corrected chi connectivity index (χ4v) is 5.17. The van der Waals surface area contributed by atoms with Crippen molar-refractivity contribution in [2.75, 3.05) is 24.4 Å². The first kappa shape index (κ1) is 23.0. The van der Waals surface area contributed by atoms with Gasteiger partial charge in [-0.1, -0.05) is 42.5 Å². The van der Waals surface area contributed by atoms with Crippen molar-refractivity contribution in [2.24, 2.45) is 0 Å². The molecule has 172 valence electrons. The Morgan fingerprint density at radius 3 is 2.12 bits per heavy atom. The lowest BCUT2D eigenvalue weighted by atomic mass is 10.1. The van der Waals surface area contributed by atoms with Crippen LogP contribution in [0.4, 0.5) is 5.69 Å². The monoisotopic (exact) mass is 463 g/mol. The molecule has 0 unspecified atom stereocenters. The van der Waals surface area contributed by atoms with Crippen molar-refractivity contribution in [3.8, 4) is 0 Å². The third kappa shape index (κ3) is 5.61. The average molecular weight is 464 g/mol. The normalized spacial score (nSPS) is 14.2. The molecule has 3 aromatic rings. The SMILES string of the molecule is CN(c1ccc(C(=O)NCc2ccc(CN3CCCC3)cc2)cc1)S(=O)(=O)c1ccccc1. The number of hydrogen-bond acceptors (Lipinski definition) is 4. The third-order valence-electron chi connectivity index (χ3n) is 5.98. The van der Waals surface area contributed by atoms with Crippen LogP contribution in [0.15, 0.2) is 83.8 Å². The molecule has 0 spiro atoms. The molecule has 33 heavy (non-hydrogen) atoms. The summed E-state index contributed by atoms with van der Waals surface area (Å²) in [5.41, 5.74) is 3.30. The highest BCUT2D eigenvalue weighted by Gasteiger charge is 2.21. The van der Waals surface area contributed by atoms with E-state index in [0.29, 0.717) is 17.8 Å². The number of nitrogens with zero attached hydrogens (tertiary/aromatic N) is 2. The maximum Gasteiger partial charge on any atom is 0.264 e. The number of rotatable bonds is 8. The molecule has 0 radical (unpaired) electrons. The summed E-state index contributed by atoms with van der Waals surface area (Å²) in [7, 11) is -2.15. The van der Waals surface area contributed by atoms with Crippen molar-refractivity contribution in [1.29, 1.82) is 0 Å². The molecule has 0 aliphatic carbocycles. The molecular formula is C26H29N3O3S. The average Bonchev–Trinajstić information content (AvgIpc) is 3.36. The molecule has 1 saturated heterocycles. The Hall–Kier alpha value is -3.16. The Kier molecular flexibility index (Phi) is 7.11. The third-order valence-corrected chi connectivity index (χ3v) is 7.78. The van der Waals surface area contributed by atoms with Crippen LogP contribution < -0.4 is 9.62 Å². The number of benzene rings is 3. The van der Waals surface area contributed by atoms with Gasteiger partial charge in [-0.25, -0.2) is 8.42 Å². The predicted molar refractivity (Wildman–Crippen MR) is 131 cm³/mol. The second-order valence-corrected chi connectivity index (χ2v) is 10.3. The lowest BCUT2D eigenvalue weighted by Crippen LogP contribution is -2.27. The molecule has 3 aromatic carbocycles. The summed E-state index contributed by atoms with van der Waals surface area (Å²) >= 11 is 0. The zero-order valence-electron chi connectivity index (χ0n) is 18.8. The molecule has 0 atom stereocenters. The molecule has 1 amide bonds. The second kappa shape index (κ2) is 10.2.